The minimum absolute atomic E-state index is 0.0178. The van der Waals surface area contributed by atoms with E-state index in [-0.39, 0.29) is 18.8 Å². The number of carbonyl (C=O) groups excluding carboxylic acids is 1. The smallest absolute Gasteiger partial charge is 0.305 e. The summed E-state index contributed by atoms with van der Waals surface area (Å²) in [5.74, 6) is -0.194. The fourth-order valence-corrected chi connectivity index (χ4v) is 0.681. The number of carboxylic acids is 1. The van der Waals surface area contributed by atoms with Crippen molar-refractivity contribution in [1.82, 2.24) is 0 Å². The summed E-state index contributed by atoms with van der Waals surface area (Å²) in [4.78, 5) is 21.0. The van der Waals surface area contributed by atoms with Crippen LogP contribution in [0.2, 0.25) is 0 Å². The van der Waals surface area contributed by atoms with E-state index in [2.05, 4.69) is 0 Å². The fraction of sp³-hybridized carbons (Fsp3) is 0.667. The Morgan fingerprint density at radius 2 is 1.85 bits per heavy atom. The SMILES string of the molecule is C[C](C)COC(=O)CCCC(=O)O. The van der Waals surface area contributed by atoms with Gasteiger partial charge in [-0.1, -0.05) is 13.8 Å². The maximum Gasteiger partial charge on any atom is 0.305 e. The molecule has 0 unspecified atom stereocenters. The minimum Gasteiger partial charge on any atom is -0.481 e. The zero-order valence-electron chi connectivity index (χ0n) is 8.00. The van der Waals surface area contributed by atoms with Gasteiger partial charge >= 0.3 is 11.9 Å². The molecule has 4 nitrogen and oxygen atoms in total. The molecular weight excluding hydrogens is 172 g/mol. The summed E-state index contributed by atoms with van der Waals surface area (Å²) >= 11 is 0. The largest absolute Gasteiger partial charge is 0.481 e. The van der Waals surface area contributed by atoms with Gasteiger partial charge in [0.15, 0.2) is 0 Å². The van der Waals surface area contributed by atoms with E-state index >= 15 is 0 Å². The molecule has 0 aromatic heterocycles. The molecule has 13 heavy (non-hydrogen) atoms. The van der Waals surface area contributed by atoms with Gasteiger partial charge in [0.2, 0.25) is 0 Å². The Morgan fingerprint density at radius 1 is 1.23 bits per heavy atom. The van der Waals surface area contributed by atoms with Crippen molar-refractivity contribution in [3.8, 4) is 0 Å². The van der Waals surface area contributed by atoms with E-state index in [4.69, 9.17) is 9.84 Å². The van der Waals surface area contributed by atoms with Crippen LogP contribution in [0.15, 0.2) is 0 Å². The Kier molecular flexibility index (Phi) is 5.93. The van der Waals surface area contributed by atoms with Crippen LogP contribution in [0.3, 0.4) is 0 Å². The van der Waals surface area contributed by atoms with E-state index in [9.17, 15) is 9.59 Å². The van der Waals surface area contributed by atoms with Crippen molar-refractivity contribution < 1.29 is 19.4 Å². The molecule has 0 aliphatic rings. The highest BCUT2D eigenvalue weighted by Gasteiger charge is 2.05. The van der Waals surface area contributed by atoms with Crippen LogP contribution in [0.4, 0.5) is 0 Å². The van der Waals surface area contributed by atoms with E-state index < -0.39 is 5.97 Å². The first-order valence-electron chi connectivity index (χ1n) is 4.19. The van der Waals surface area contributed by atoms with Gasteiger partial charge in [-0.3, -0.25) is 9.59 Å². The van der Waals surface area contributed by atoms with Gasteiger partial charge in [0, 0.05) is 18.8 Å². The lowest BCUT2D eigenvalue weighted by molar-refractivity contribution is -0.143. The maximum absolute atomic E-state index is 10.9. The average molecular weight is 187 g/mol. The summed E-state index contributed by atoms with van der Waals surface area (Å²) in [6.07, 6.45) is 0.542. The molecule has 0 aromatic rings. The summed E-state index contributed by atoms with van der Waals surface area (Å²) in [6, 6.07) is 0. The van der Waals surface area contributed by atoms with E-state index in [1.54, 1.807) is 0 Å². The highest BCUT2D eigenvalue weighted by atomic mass is 16.5. The highest BCUT2D eigenvalue weighted by Crippen LogP contribution is 2.01. The van der Waals surface area contributed by atoms with Crippen molar-refractivity contribution in [2.24, 2.45) is 0 Å². The summed E-state index contributed by atoms with van der Waals surface area (Å²) in [6.45, 7) is 4.06. The zero-order valence-corrected chi connectivity index (χ0v) is 8.00. The second-order valence-electron chi connectivity index (χ2n) is 3.12. The Labute approximate surface area is 77.9 Å². The quantitative estimate of drug-likeness (QED) is 0.638. The first-order chi connectivity index (χ1) is 6.02. The fourth-order valence-electron chi connectivity index (χ4n) is 0.681. The van der Waals surface area contributed by atoms with Gasteiger partial charge in [-0.15, -0.1) is 0 Å². The number of ether oxygens (including phenoxy) is 1. The third kappa shape index (κ3) is 8.85. The molecule has 0 aliphatic heterocycles. The number of hydrogen-bond acceptors (Lipinski definition) is 3. The van der Waals surface area contributed by atoms with Gasteiger partial charge in [-0.2, -0.15) is 0 Å². The van der Waals surface area contributed by atoms with Crippen LogP contribution >= 0.6 is 0 Å². The van der Waals surface area contributed by atoms with Crippen LogP contribution in [0.25, 0.3) is 0 Å². The van der Waals surface area contributed by atoms with Crippen molar-refractivity contribution in [3.05, 3.63) is 5.92 Å². The molecule has 0 bridgehead atoms. The van der Waals surface area contributed by atoms with Crippen LogP contribution in [-0.2, 0) is 14.3 Å². The Bertz CT molecular complexity index is 174. The van der Waals surface area contributed by atoms with Crippen LogP contribution in [0.1, 0.15) is 33.1 Å². The Hall–Kier alpha value is -1.06. The average Bonchev–Trinajstić information content (AvgIpc) is 2.00. The Balaban J connectivity index is 3.35. The van der Waals surface area contributed by atoms with Crippen molar-refractivity contribution in [3.63, 3.8) is 0 Å². The summed E-state index contributed by atoms with van der Waals surface area (Å²) in [5, 5.41) is 8.29. The van der Waals surface area contributed by atoms with Crippen molar-refractivity contribution in [2.45, 2.75) is 33.1 Å². The molecule has 0 saturated carbocycles. The van der Waals surface area contributed by atoms with Crippen molar-refractivity contribution in [2.75, 3.05) is 6.61 Å². The molecule has 0 rings (SSSR count). The molecule has 0 fully saturated rings. The van der Waals surface area contributed by atoms with Crippen LogP contribution < -0.4 is 0 Å². The van der Waals surface area contributed by atoms with Gasteiger partial charge in [-0.25, -0.2) is 0 Å². The summed E-state index contributed by atoms with van der Waals surface area (Å²) in [5.41, 5.74) is 0. The molecule has 75 valence electrons. The van der Waals surface area contributed by atoms with E-state index in [0.29, 0.717) is 13.0 Å². The molecular formula is C9H15O4. The number of carboxylic acid groups (broad SMARTS) is 1. The third-order valence-electron chi connectivity index (χ3n) is 1.29. The second-order valence-corrected chi connectivity index (χ2v) is 3.12. The van der Waals surface area contributed by atoms with Crippen molar-refractivity contribution >= 4 is 11.9 Å². The highest BCUT2D eigenvalue weighted by molar-refractivity contribution is 5.71. The lowest BCUT2D eigenvalue weighted by Crippen LogP contribution is -2.09. The monoisotopic (exact) mass is 187 g/mol. The first kappa shape index (κ1) is 11.9. The maximum atomic E-state index is 10.9. The van der Waals surface area contributed by atoms with E-state index in [0.717, 1.165) is 5.92 Å². The van der Waals surface area contributed by atoms with Gasteiger partial charge in [0.1, 0.15) is 0 Å². The molecule has 0 heterocycles. The van der Waals surface area contributed by atoms with Crippen LogP contribution in [0, 0.1) is 5.92 Å². The summed E-state index contributed by atoms with van der Waals surface area (Å²) in [7, 11) is 0. The lowest BCUT2D eigenvalue weighted by Gasteiger charge is -2.05. The molecule has 0 aliphatic carbocycles. The minimum atomic E-state index is -0.883. The molecule has 4 heteroatoms. The molecule has 1 N–H and O–H groups in total. The number of rotatable bonds is 6. The number of esters is 1. The normalized spacial score (nSPS) is 10.1. The number of hydrogen-bond donors (Lipinski definition) is 1. The van der Waals surface area contributed by atoms with Gasteiger partial charge < -0.3 is 9.84 Å². The van der Waals surface area contributed by atoms with Gasteiger partial charge in [0.05, 0.1) is 6.61 Å². The standard InChI is InChI=1S/C9H15O4/c1-7(2)6-13-9(12)5-3-4-8(10)11/h3-6H2,1-2H3,(H,10,11). The number of carbonyl (C=O) groups is 2. The van der Waals surface area contributed by atoms with Gasteiger partial charge in [0.25, 0.3) is 0 Å². The topological polar surface area (TPSA) is 63.6 Å². The molecule has 0 atom stereocenters. The lowest BCUT2D eigenvalue weighted by atomic mass is 10.2. The molecule has 1 radical (unpaired) electrons. The predicted octanol–water partition coefficient (Wildman–Crippen LogP) is 1.40. The second kappa shape index (κ2) is 6.46. The van der Waals surface area contributed by atoms with Crippen LogP contribution in [-0.4, -0.2) is 23.7 Å². The molecule has 0 aromatic carbocycles. The van der Waals surface area contributed by atoms with Crippen LogP contribution in [0.5, 0.6) is 0 Å². The third-order valence-corrected chi connectivity index (χ3v) is 1.29. The summed E-state index contributed by atoms with van der Waals surface area (Å²) < 4.78 is 4.82. The van der Waals surface area contributed by atoms with Crippen molar-refractivity contribution in [1.29, 1.82) is 0 Å². The van der Waals surface area contributed by atoms with E-state index in [1.807, 2.05) is 13.8 Å². The zero-order chi connectivity index (χ0) is 10.3. The predicted molar refractivity (Wildman–Crippen MR) is 47.0 cm³/mol. The first-order valence-corrected chi connectivity index (χ1v) is 4.19. The Morgan fingerprint density at radius 3 is 2.31 bits per heavy atom. The molecule has 0 saturated heterocycles. The molecule has 0 spiro atoms. The molecule has 0 amide bonds. The number of aliphatic carboxylic acids is 1. The van der Waals surface area contributed by atoms with Gasteiger partial charge in [-0.05, 0) is 6.42 Å². The van der Waals surface area contributed by atoms with E-state index in [1.165, 1.54) is 0 Å².